The molecule has 2 rings (SSSR count). The monoisotopic (exact) mass is 373 g/mol. The quantitative estimate of drug-likeness (QED) is 0.583. The molecule has 0 aromatic heterocycles. The van der Waals surface area contributed by atoms with Gasteiger partial charge >= 0.3 is 0 Å². The molecular formula is C20H31N5O2. The maximum Gasteiger partial charge on any atom is 0.243 e. The van der Waals surface area contributed by atoms with Crippen molar-refractivity contribution in [3.8, 4) is 0 Å². The first-order valence-corrected chi connectivity index (χ1v) is 9.51. The van der Waals surface area contributed by atoms with Crippen molar-refractivity contribution in [1.82, 2.24) is 20.4 Å². The highest BCUT2D eigenvalue weighted by Crippen LogP contribution is 2.13. The van der Waals surface area contributed by atoms with Crippen LogP contribution in [0.3, 0.4) is 0 Å². The first kappa shape index (κ1) is 20.7. The third-order valence-corrected chi connectivity index (χ3v) is 4.71. The van der Waals surface area contributed by atoms with E-state index in [2.05, 4.69) is 34.7 Å². The molecular weight excluding hydrogens is 342 g/mol. The summed E-state index contributed by atoms with van der Waals surface area (Å²) in [6, 6.07) is 10.3. The normalized spacial score (nSPS) is 18.1. The molecule has 0 bridgehead atoms. The van der Waals surface area contributed by atoms with Gasteiger partial charge in [0.15, 0.2) is 5.96 Å². The molecule has 1 aromatic carbocycles. The molecule has 7 nitrogen and oxygen atoms in total. The van der Waals surface area contributed by atoms with E-state index in [4.69, 9.17) is 0 Å². The van der Waals surface area contributed by atoms with Crippen LogP contribution >= 0.6 is 0 Å². The van der Waals surface area contributed by atoms with Crippen molar-refractivity contribution < 1.29 is 9.59 Å². The van der Waals surface area contributed by atoms with Crippen molar-refractivity contribution in [2.45, 2.75) is 38.8 Å². The van der Waals surface area contributed by atoms with Gasteiger partial charge in [-0.1, -0.05) is 37.3 Å². The minimum atomic E-state index is -0.0577. The highest BCUT2D eigenvalue weighted by molar-refractivity contribution is 5.85. The standard InChI is InChI=1S/C20H31N5O2/c1-5-18(26)25-12-11-17(14-25)23-20(21-13-19(27)24(3)4)22-15(2)16-9-7-6-8-10-16/h6-10,15,17H,5,11-14H2,1-4H3,(H2,21,22,23). The number of hydrogen-bond donors (Lipinski definition) is 2. The van der Waals surface area contributed by atoms with Gasteiger partial charge in [-0.2, -0.15) is 0 Å². The Morgan fingerprint density at radius 2 is 2.00 bits per heavy atom. The van der Waals surface area contributed by atoms with Crippen LogP contribution in [0.4, 0.5) is 0 Å². The van der Waals surface area contributed by atoms with Crippen LogP contribution in [-0.2, 0) is 9.59 Å². The number of nitrogens with one attached hydrogen (secondary N) is 2. The van der Waals surface area contributed by atoms with Crippen LogP contribution in [0.5, 0.6) is 0 Å². The van der Waals surface area contributed by atoms with Crippen LogP contribution in [0.2, 0.25) is 0 Å². The predicted octanol–water partition coefficient (Wildman–Crippen LogP) is 1.38. The number of guanidine groups is 1. The summed E-state index contributed by atoms with van der Waals surface area (Å²) in [7, 11) is 3.44. The fourth-order valence-electron chi connectivity index (χ4n) is 2.97. The first-order chi connectivity index (χ1) is 12.9. The maximum atomic E-state index is 11.9. The van der Waals surface area contributed by atoms with Crippen LogP contribution in [0.15, 0.2) is 35.3 Å². The number of carbonyl (C=O) groups is 2. The van der Waals surface area contributed by atoms with E-state index in [-0.39, 0.29) is 30.4 Å². The number of nitrogens with zero attached hydrogens (tertiary/aromatic N) is 3. The highest BCUT2D eigenvalue weighted by Gasteiger charge is 2.26. The number of amides is 2. The van der Waals surface area contributed by atoms with E-state index in [1.54, 1.807) is 14.1 Å². The smallest absolute Gasteiger partial charge is 0.243 e. The highest BCUT2D eigenvalue weighted by atomic mass is 16.2. The third kappa shape index (κ3) is 6.27. The Balaban J connectivity index is 2.04. The Labute approximate surface area is 161 Å². The van der Waals surface area contributed by atoms with Crippen LogP contribution < -0.4 is 10.6 Å². The summed E-state index contributed by atoms with van der Waals surface area (Å²) < 4.78 is 0. The van der Waals surface area contributed by atoms with Crippen molar-refractivity contribution in [2.24, 2.45) is 4.99 Å². The van der Waals surface area contributed by atoms with Gasteiger partial charge in [-0.25, -0.2) is 4.99 Å². The summed E-state index contributed by atoms with van der Waals surface area (Å²) in [6.45, 7) is 5.43. The zero-order valence-corrected chi connectivity index (χ0v) is 16.7. The van der Waals surface area contributed by atoms with Crippen molar-refractivity contribution in [1.29, 1.82) is 0 Å². The third-order valence-electron chi connectivity index (χ3n) is 4.71. The summed E-state index contributed by atoms with van der Waals surface area (Å²) in [5.74, 6) is 0.709. The lowest BCUT2D eigenvalue weighted by Crippen LogP contribution is -2.46. The van der Waals surface area contributed by atoms with Crippen molar-refractivity contribution >= 4 is 17.8 Å². The summed E-state index contributed by atoms with van der Waals surface area (Å²) in [5, 5.41) is 6.77. The molecule has 0 radical (unpaired) electrons. The molecule has 1 heterocycles. The topological polar surface area (TPSA) is 77.0 Å². The number of benzene rings is 1. The van der Waals surface area contributed by atoms with Gasteiger partial charge in [-0.15, -0.1) is 0 Å². The molecule has 1 aliphatic heterocycles. The number of likely N-dealkylation sites (N-methyl/N-ethyl adjacent to an activating group) is 1. The van der Waals surface area contributed by atoms with Crippen LogP contribution in [0.1, 0.15) is 38.3 Å². The SMILES string of the molecule is CCC(=O)N1CCC(NC(=NCC(=O)N(C)C)NC(C)c2ccccc2)C1. The van der Waals surface area contributed by atoms with Gasteiger partial charge < -0.3 is 20.4 Å². The first-order valence-electron chi connectivity index (χ1n) is 9.51. The second-order valence-electron chi connectivity index (χ2n) is 7.05. The van der Waals surface area contributed by atoms with Gasteiger partial charge in [0.05, 0.1) is 6.04 Å². The number of aliphatic imine (C=N–C) groups is 1. The molecule has 0 spiro atoms. The van der Waals surface area contributed by atoms with E-state index < -0.39 is 0 Å². The molecule has 2 unspecified atom stereocenters. The molecule has 1 saturated heterocycles. The molecule has 148 valence electrons. The Hall–Kier alpha value is -2.57. The average Bonchev–Trinajstić information content (AvgIpc) is 3.14. The summed E-state index contributed by atoms with van der Waals surface area (Å²) in [6.07, 6.45) is 1.39. The van der Waals surface area contributed by atoms with Gasteiger partial charge in [0.2, 0.25) is 11.8 Å². The number of likely N-dealkylation sites (tertiary alicyclic amines) is 1. The number of carbonyl (C=O) groups excluding carboxylic acids is 2. The van der Waals surface area contributed by atoms with Crippen LogP contribution in [0, 0.1) is 0 Å². The number of hydrogen-bond acceptors (Lipinski definition) is 3. The van der Waals surface area contributed by atoms with E-state index in [1.165, 1.54) is 4.90 Å². The molecule has 2 N–H and O–H groups in total. The second kappa shape index (κ2) is 9.94. The molecule has 0 saturated carbocycles. The summed E-state index contributed by atoms with van der Waals surface area (Å²) in [5.41, 5.74) is 1.14. The zero-order valence-electron chi connectivity index (χ0n) is 16.7. The number of rotatable bonds is 6. The predicted molar refractivity (Wildman–Crippen MR) is 107 cm³/mol. The average molecular weight is 374 g/mol. The van der Waals surface area contributed by atoms with Gasteiger partial charge in [-0.3, -0.25) is 9.59 Å². The minimum absolute atomic E-state index is 0.0432. The fraction of sp³-hybridized carbons (Fsp3) is 0.550. The summed E-state index contributed by atoms with van der Waals surface area (Å²) in [4.78, 5) is 31.7. The van der Waals surface area contributed by atoms with E-state index in [0.29, 0.717) is 18.9 Å². The molecule has 27 heavy (non-hydrogen) atoms. The molecule has 1 fully saturated rings. The Kier molecular flexibility index (Phi) is 7.64. The van der Waals surface area contributed by atoms with Crippen LogP contribution in [0.25, 0.3) is 0 Å². The maximum absolute atomic E-state index is 11.9. The lowest BCUT2D eigenvalue weighted by Gasteiger charge is -2.22. The van der Waals surface area contributed by atoms with Gasteiger partial charge in [-0.05, 0) is 18.9 Å². The Morgan fingerprint density at radius 3 is 2.63 bits per heavy atom. The van der Waals surface area contributed by atoms with Gasteiger partial charge in [0, 0.05) is 39.6 Å². The van der Waals surface area contributed by atoms with Gasteiger partial charge in [0.1, 0.15) is 6.54 Å². The van der Waals surface area contributed by atoms with Crippen molar-refractivity contribution in [3.05, 3.63) is 35.9 Å². The zero-order chi connectivity index (χ0) is 19.8. The molecule has 1 aliphatic rings. The summed E-state index contributed by atoms with van der Waals surface area (Å²) >= 11 is 0. The second-order valence-corrected chi connectivity index (χ2v) is 7.05. The lowest BCUT2D eigenvalue weighted by atomic mass is 10.1. The molecule has 2 atom stereocenters. The van der Waals surface area contributed by atoms with E-state index in [1.807, 2.05) is 30.0 Å². The minimum Gasteiger partial charge on any atom is -0.352 e. The molecule has 7 heteroatoms. The Bertz CT molecular complexity index is 660. The molecule has 2 amide bonds. The lowest BCUT2D eigenvalue weighted by molar-refractivity contribution is -0.130. The van der Waals surface area contributed by atoms with Crippen molar-refractivity contribution in [3.63, 3.8) is 0 Å². The van der Waals surface area contributed by atoms with Crippen molar-refractivity contribution in [2.75, 3.05) is 33.7 Å². The molecule has 0 aliphatic carbocycles. The largest absolute Gasteiger partial charge is 0.352 e. The molecule has 1 aromatic rings. The van der Waals surface area contributed by atoms with Crippen LogP contribution in [-0.4, -0.2) is 67.3 Å². The van der Waals surface area contributed by atoms with Gasteiger partial charge in [0.25, 0.3) is 0 Å². The fourth-order valence-corrected chi connectivity index (χ4v) is 2.97. The van der Waals surface area contributed by atoms with E-state index in [9.17, 15) is 9.59 Å². The van der Waals surface area contributed by atoms with E-state index in [0.717, 1.165) is 18.5 Å². The Morgan fingerprint density at radius 1 is 1.30 bits per heavy atom. The van der Waals surface area contributed by atoms with E-state index >= 15 is 0 Å².